The van der Waals surface area contributed by atoms with Crippen molar-refractivity contribution < 1.29 is 32.2 Å². The van der Waals surface area contributed by atoms with Gasteiger partial charge in [-0.05, 0) is 60.0 Å². The first kappa shape index (κ1) is 24.1. The molecule has 5 nitrogen and oxygen atoms in total. The summed E-state index contributed by atoms with van der Waals surface area (Å²) in [5, 5.41) is 9.02. The minimum Gasteiger partial charge on any atom is -0.493 e. The van der Waals surface area contributed by atoms with E-state index in [2.05, 4.69) is 4.98 Å². The molecule has 1 aromatic heterocycles. The summed E-state index contributed by atoms with van der Waals surface area (Å²) in [7, 11) is 0. The first-order valence-electron chi connectivity index (χ1n) is 10.9. The second-order valence-corrected chi connectivity index (χ2v) is 7.99. The molecule has 0 spiro atoms. The molecule has 1 N–H and O–H groups in total. The Hall–Kier alpha value is -4.07. The summed E-state index contributed by atoms with van der Waals surface area (Å²) in [6, 6.07) is 19.5. The Bertz CT molecular complexity index is 1330. The maximum absolute atomic E-state index is 12.8. The zero-order valence-electron chi connectivity index (χ0n) is 18.8. The van der Waals surface area contributed by atoms with Gasteiger partial charge in [0.1, 0.15) is 11.5 Å². The standard InChI is InChI=1S/C27H22F3NO4/c1-17-24(31-26(35-17)19-8-10-22(11-9-19)27(28,29)30)12-13-34-23-7-3-6-21(16-23)20-5-2-4-18(14-20)15-25(32)33/h2-11,14,16H,12-13,15H2,1H3,(H,32,33). The molecule has 0 aliphatic carbocycles. The number of aliphatic carboxylic acids is 1. The molecule has 0 bridgehead atoms. The monoisotopic (exact) mass is 481 g/mol. The normalized spacial score (nSPS) is 11.4. The van der Waals surface area contributed by atoms with Crippen LogP contribution in [0.2, 0.25) is 0 Å². The topological polar surface area (TPSA) is 72.6 Å². The molecule has 4 aromatic rings. The predicted molar refractivity (Wildman–Crippen MR) is 124 cm³/mol. The Labute approximate surface area is 199 Å². The van der Waals surface area contributed by atoms with Crippen molar-refractivity contribution in [2.24, 2.45) is 0 Å². The number of aromatic nitrogens is 1. The molecule has 0 saturated carbocycles. The molecule has 0 unspecified atom stereocenters. The number of benzene rings is 3. The molecular formula is C27H22F3NO4. The van der Waals surface area contributed by atoms with Crippen molar-refractivity contribution in [2.45, 2.75) is 25.9 Å². The van der Waals surface area contributed by atoms with Gasteiger partial charge in [0.15, 0.2) is 0 Å². The van der Waals surface area contributed by atoms with Gasteiger partial charge in [-0.25, -0.2) is 4.98 Å². The summed E-state index contributed by atoms with van der Waals surface area (Å²) in [6.07, 6.45) is -3.99. The van der Waals surface area contributed by atoms with E-state index in [1.165, 1.54) is 12.1 Å². The van der Waals surface area contributed by atoms with Crippen molar-refractivity contribution in [3.8, 4) is 28.3 Å². The lowest BCUT2D eigenvalue weighted by molar-refractivity contribution is -0.138. The fourth-order valence-corrected chi connectivity index (χ4v) is 3.65. The van der Waals surface area contributed by atoms with E-state index in [1.54, 1.807) is 13.0 Å². The van der Waals surface area contributed by atoms with E-state index in [9.17, 15) is 18.0 Å². The molecular weight excluding hydrogens is 459 g/mol. The number of hydrogen-bond acceptors (Lipinski definition) is 4. The third-order valence-corrected chi connectivity index (χ3v) is 5.41. The lowest BCUT2D eigenvalue weighted by atomic mass is 10.0. The number of ether oxygens (including phenoxy) is 1. The molecule has 0 aliphatic heterocycles. The largest absolute Gasteiger partial charge is 0.493 e. The van der Waals surface area contributed by atoms with Crippen LogP contribution < -0.4 is 4.74 Å². The number of aryl methyl sites for hydroxylation is 1. The molecule has 0 fully saturated rings. The Morgan fingerprint density at radius 2 is 1.66 bits per heavy atom. The minimum absolute atomic E-state index is 0.0461. The van der Waals surface area contributed by atoms with Gasteiger partial charge in [-0.15, -0.1) is 0 Å². The lowest BCUT2D eigenvalue weighted by Gasteiger charge is -2.09. The summed E-state index contributed by atoms with van der Waals surface area (Å²) in [6.45, 7) is 2.07. The summed E-state index contributed by atoms with van der Waals surface area (Å²) < 4.78 is 49.9. The fraction of sp³-hybridized carbons (Fsp3) is 0.185. The van der Waals surface area contributed by atoms with Crippen molar-refractivity contribution in [1.29, 1.82) is 0 Å². The van der Waals surface area contributed by atoms with Crippen molar-refractivity contribution >= 4 is 5.97 Å². The molecule has 0 amide bonds. The molecule has 180 valence electrons. The van der Waals surface area contributed by atoms with E-state index in [4.69, 9.17) is 14.3 Å². The molecule has 35 heavy (non-hydrogen) atoms. The molecule has 4 rings (SSSR count). The number of oxazole rings is 1. The summed E-state index contributed by atoms with van der Waals surface area (Å²) in [4.78, 5) is 15.4. The van der Waals surface area contributed by atoms with Crippen LogP contribution in [0.4, 0.5) is 13.2 Å². The van der Waals surface area contributed by atoms with Gasteiger partial charge < -0.3 is 14.3 Å². The maximum Gasteiger partial charge on any atom is 0.416 e. The zero-order valence-corrected chi connectivity index (χ0v) is 18.8. The van der Waals surface area contributed by atoms with Crippen LogP contribution in [-0.4, -0.2) is 22.7 Å². The third-order valence-electron chi connectivity index (χ3n) is 5.41. The average Bonchev–Trinajstić information content (AvgIpc) is 3.19. The second kappa shape index (κ2) is 10.0. The van der Waals surface area contributed by atoms with E-state index < -0.39 is 17.7 Å². The molecule has 0 atom stereocenters. The highest BCUT2D eigenvalue weighted by molar-refractivity contribution is 5.72. The second-order valence-electron chi connectivity index (χ2n) is 7.99. The summed E-state index contributed by atoms with van der Waals surface area (Å²) in [5.74, 6) is 0.598. The van der Waals surface area contributed by atoms with Gasteiger partial charge >= 0.3 is 12.1 Å². The molecule has 1 heterocycles. The Kier molecular flexibility index (Phi) is 6.91. The van der Waals surface area contributed by atoms with E-state index in [0.717, 1.165) is 23.3 Å². The van der Waals surface area contributed by atoms with Crippen LogP contribution in [0.3, 0.4) is 0 Å². The predicted octanol–water partition coefficient (Wildman–Crippen LogP) is 6.58. The smallest absolute Gasteiger partial charge is 0.416 e. The highest BCUT2D eigenvalue weighted by Gasteiger charge is 2.30. The van der Waals surface area contributed by atoms with Crippen molar-refractivity contribution in [3.63, 3.8) is 0 Å². The van der Waals surface area contributed by atoms with Crippen LogP contribution >= 0.6 is 0 Å². The first-order chi connectivity index (χ1) is 16.7. The number of hydrogen-bond donors (Lipinski definition) is 1. The Balaban J connectivity index is 1.40. The van der Waals surface area contributed by atoms with Gasteiger partial charge in [0.2, 0.25) is 5.89 Å². The van der Waals surface area contributed by atoms with Crippen molar-refractivity contribution in [1.82, 2.24) is 4.98 Å². The van der Waals surface area contributed by atoms with Crippen LogP contribution in [0.1, 0.15) is 22.6 Å². The van der Waals surface area contributed by atoms with Crippen LogP contribution in [0.25, 0.3) is 22.6 Å². The van der Waals surface area contributed by atoms with E-state index in [0.29, 0.717) is 41.4 Å². The van der Waals surface area contributed by atoms with Gasteiger partial charge in [0.05, 0.1) is 24.3 Å². The fourth-order valence-electron chi connectivity index (χ4n) is 3.65. The quantitative estimate of drug-likeness (QED) is 0.308. The van der Waals surface area contributed by atoms with Crippen molar-refractivity contribution in [3.05, 3.63) is 95.4 Å². The van der Waals surface area contributed by atoms with Gasteiger partial charge in [0, 0.05) is 12.0 Å². The average molecular weight is 481 g/mol. The Morgan fingerprint density at radius 3 is 2.34 bits per heavy atom. The SMILES string of the molecule is Cc1oc(-c2ccc(C(F)(F)F)cc2)nc1CCOc1cccc(-c2cccc(CC(=O)O)c2)c1. The highest BCUT2D eigenvalue weighted by Crippen LogP contribution is 2.31. The number of nitrogens with zero attached hydrogens (tertiary/aromatic N) is 1. The van der Waals surface area contributed by atoms with Gasteiger partial charge in [0.25, 0.3) is 0 Å². The number of halogens is 3. The lowest BCUT2D eigenvalue weighted by Crippen LogP contribution is -2.04. The molecule has 3 aromatic carbocycles. The highest BCUT2D eigenvalue weighted by atomic mass is 19.4. The first-order valence-corrected chi connectivity index (χ1v) is 10.9. The van der Waals surface area contributed by atoms with Crippen molar-refractivity contribution in [2.75, 3.05) is 6.61 Å². The maximum atomic E-state index is 12.8. The minimum atomic E-state index is -4.40. The van der Waals surface area contributed by atoms with Gasteiger partial charge in [-0.3, -0.25) is 4.79 Å². The molecule has 8 heteroatoms. The van der Waals surface area contributed by atoms with E-state index in [1.807, 2.05) is 42.5 Å². The van der Waals surface area contributed by atoms with Gasteiger partial charge in [-0.2, -0.15) is 13.2 Å². The molecule has 0 saturated heterocycles. The number of rotatable bonds is 8. The number of carbonyl (C=O) groups is 1. The summed E-state index contributed by atoms with van der Waals surface area (Å²) >= 11 is 0. The van der Waals surface area contributed by atoms with Crippen LogP contribution in [-0.2, 0) is 23.8 Å². The van der Waals surface area contributed by atoms with Gasteiger partial charge in [-0.1, -0.05) is 36.4 Å². The van der Waals surface area contributed by atoms with Crippen LogP contribution in [0.15, 0.2) is 77.2 Å². The van der Waals surface area contributed by atoms with Crippen LogP contribution in [0.5, 0.6) is 5.75 Å². The summed E-state index contributed by atoms with van der Waals surface area (Å²) in [5.41, 5.74) is 2.91. The van der Waals surface area contributed by atoms with E-state index >= 15 is 0 Å². The number of carboxylic acid groups (broad SMARTS) is 1. The molecule has 0 radical (unpaired) electrons. The molecule has 0 aliphatic rings. The third kappa shape index (κ3) is 6.09. The zero-order chi connectivity index (χ0) is 25.0. The number of carboxylic acids is 1. The van der Waals surface area contributed by atoms with E-state index in [-0.39, 0.29) is 12.3 Å². The van der Waals surface area contributed by atoms with Crippen LogP contribution in [0, 0.1) is 6.92 Å². The Morgan fingerprint density at radius 1 is 0.971 bits per heavy atom. The number of alkyl halides is 3.